The van der Waals surface area contributed by atoms with Crippen LogP contribution in [-0.2, 0) is 26.9 Å². The van der Waals surface area contributed by atoms with Crippen molar-refractivity contribution in [2.45, 2.75) is 29.7 Å². The Morgan fingerprint density at radius 3 is 2.07 bits per heavy atom. The van der Waals surface area contributed by atoms with Gasteiger partial charge in [0.1, 0.15) is 0 Å². The number of thioether (sulfide) groups is 1. The first-order valence-electron chi connectivity index (χ1n) is 14.2. The van der Waals surface area contributed by atoms with Crippen molar-refractivity contribution in [3.05, 3.63) is 144 Å². The van der Waals surface area contributed by atoms with E-state index in [1.54, 1.807) is 11.8 Å². The van der Waals surface area contributed by atoms with Crippen LogP contribution >= 0.6 is 59.6 Å². The molecule has 3 aliphatic heterocycles. The summed E-state index contributed by atoms with van der Waals surface area (Å²) in [5, 5.41) is 0.582. The molecule has 0 aliphatic carbocycles. The lowest BCUT2D eigenvalue weighted by Crippen LogP contribution is -2.42. The van der Waals surface area contributed by atoms with E-state index in [1.165, 1.54) is 6.26 Å². The minimum Gasteiger partial charge on any atom is -0.305 e. The number of halogens is 3. The van der Waals surface area contributed by atoms with E-state index in [9.17, 15) is 8.42 Å². The highest BCUT2D eigenvalue weighted by Gasteiger charge is 2.62. The largest absolute Gasteiger partial charge is 0.305 e. The molecule has 4 aromatic carbocycles. The number of sulfonamides is 1. The number of carbonyl (C=O) groups excluding carboxylic acids is 1. The number of nitrogens with one attached hydrogen (secondary N) is 1. The molecule has 11 heteroatoms. The minimum atomic E-state index is -3.64. The van der Waals surface area contributed by atoms with Gasteiger partial charge in [0.25, 0.3) is 5.91 Å². The van der Waals surface area contributed by atoms with Crippen LogP contribution in [0.15, 0.2) is 127 Å². The molecule has 1 spiro atoms. The third-order valence-corrected chi connectivity index (χ3v) is 11.8. The second-order valence-corrected chi connectivity index (χ2v) is 17.0. The fourth-order valence-corrected chi connectivity index (χ4v) is 9.32. The molecule has 0 saturated carbocycles. The molecule has 0 bridgehead atoms. The van der Waals surface area contributed by atoms with Crippen LogP contribution in [0.4, 0.5) is 5.69 Å². The van der Waals surface area contributed by atoms with Gasteiger partial charge < -0.3 is 4.90 Å². The molecular formula is C34H26Br3N3O3S2. The van der Waals surface area contributed by atoms with Gasteiger partial charge >= 0.3 is 0 Å². The molecule has 1 N–H and O–H groups in total. The minimum absolute atomic E-state index is 0.101. The number of allylic oxidation sites excluding steroid dienone is 1. The Hall–Kier alpha value is -2.70. The summed E-state index contributed by atoms with van der Waals surface area (Å²) in [6, 6.07) is 31.8. The van der Waals surface area contributed by atoms with Crippen molar-refractivity contribution in [2.24, 2.45) is 4.99 Å². The van der Waals surface area contributed by atoms with Crippen molar-refractivity contribution >= 4 is 86.2 Å². The molecule has 6 nitrogen and oxygen atoms in total. The number of amides is 1. The Morgan fingerprint density at radius 1 is 0.867 bits per heavy atom. The molecule has 3 heterocycles. The highest BCUT2D eigenvalue weighted by Crippen LogP contribution is 2.61. The summed E-state index contributed by atoms with van der Waals surface area (Å²) in [5.74, 6) is -0.680. The Balaban J connectivity index is 1.45. The van der Waals surface area contributed by atoms with Crippen molar-refractivity contribution in [1.82, 2.24) is 4.72 Å². The smallest absolute Gasteiger partial charge is 0.260 e. The third kappa shape index (κ3) is 5.65. The number of fused-ring (bicyclic) bond motifs is 3. The molecule has 228 valence electrons. The predicted octanol–water partition coefficient (Wildman–Crippen LogP) is 8.59. The number of hydrogen-bond acceptors (Lipinski definition) is 5. The molecular weight excluding hydrogens is 802 g/mol. The van der Waals surface area contributed by atoms with E-state index < -0.39 is 21.5 Å². The molecule has 3 atom stereocenters. The van der Waals surface area contributed by atoms with E-state index in [-0.39, 0.29) is 11.2 Å². The molecule has 1 amide bonds. The lowest BCUT2D eigenvalue weighted by molar-refractivity contribution is -0.123. The molecule has 0 fully saturated rings. The number of aliphatic imine (C=N–C) groups is 1. The topological polar surface area (TPSA) is 78.8 Å². The quantitative estimate of drug-likeness (QED) is 0.211. The summed E-state index contributed by atoms with van der Waals surface area (Å²) in [4.78, 5) is 22.3. The van der Waals surface area contributed by atoms with Gasteiger partial charge in [0.05, 0.1) is 29.4 Å². The number of rotatable bonds is 6. The SMILES string of the molecule is CS(=O)(=O)NC1=C2C(=N[C@]3(C(=O)N(Cc4ccc(Br)cc4)c4ccccc43)[C@@H]2c2ccc(Br)cc2)S[C@H](c2ccc(Br)cc2)C1. The molecule has 0 radical (unpaired) electrons. The monoisotopic (exact) mass is 825 g/mol. The molecule has 4 aromatic rings. The normalized spacial score (nSPS) is 22.4. The van der Waals surface area contributed by atoms with Crippen molar-refractivity contribution in [3.63, 3.8) is 0 Å². The number of anilines is 1. The first-order valence-corrected chi connectivity index (χ1v) is 19.3. The summed E-state index contributed by atoms with van der Waals surface area (Å²) in [6.45, 7) is 0.380. The van der Waals surface area contributed by atoms with Crippen molar-refractivity contribution in [1.29, 1.82) is 0 Å². The number of hydrogen-bond donors (Lipinski definition) is 1. The number of benzene rings is 4. The van der Waals surface area contributed by atoms with Crippen molar-refractivity contribution in [2.75, 3.05) is 11.2 Å². The van der Waals surface area contributed by atoms with Crippen LogP contribution in [0.2, 0.25) is 0 Å². The van der Waals surface area contributed by atoms with E-state index in [0.717, 1.165) is 46.9 Å². The van der Waals surface area contributed by atoms with Crippen LogP contribution in [0.1, 0.15) is 39.8 Å². The average Bonchev–Trinajstić information content (AvgIpc) is 3.47. The summed E-state index contributed by atoms with van der Waals surface area (Å²) in [7, 11) is -3.64. The summed E-state index contributed by atoms with van der Waals surface area (Å²) < 4.78 is 31.4. The van der Waals surface area contributed by atoms with Crippen LogP contribution in [0.5, 0.6) is 0 Å². The second kappa shape index (κ2) is 11.8. The summed E-state index contributed by atoms with van der Waals surface area (Å²) in [6.07, 6.45) is 1.61. The van der Waals surface area contributed by atoms with E-state index in [0.29, 0.717) is 23.7 Å². The molecule has 3 aliphatic rings. The Kier molecular flexibility index (Phi) is 8.13. The number of nitrogens with zero attached hydrogens (tertiary/aromatic N) is 2. The number of carbonyl (C=O) groups is 1. The number of para-hydroxylation sites is 1. The summed E-state index contributed by atoms with van der Waals surface area (Å²) in [5.41, 5.74) is 4.57. The second-order valence-electron chi connectivity index (χ2n) is 11.3. The fraction of sp³-hybridized carbons (Fsp3) is 0.176. The first kappa shape index (κ1) is 30.9. The van der Waals surface area contributed by atoms with Crippen LogP contribution in [0.25, 0.3) is 0 Å². The van der Waals surface area contributed by atoms with Crippen LogP contribution < -0.4 is 9.62 Å². The molecule has 45 heavy (non-hydrogen) atoms. The van der Waals surface area contributed by atoms with Gasteiger partial charge in [-0.25, -0.2) is 8.42 Å². The zero-order valence-corrected chi connectivity index (χ0v) is 30.3. The van der Waals surface area contributed by atoms with Gasteiger partial charge in [-0.15, -0.1) is 0 Å². The van der Waals surface area contributed by atoms with E-state index in [2.05, 4.69) is 52.5 Å². The van der Waals surface area contributed by atoms with Crippen LogP contribution in [0.3, 0.4) is 0 Å². The zero-order valence-electron chi connectivity index (χ0n) is 23.9. The Bertz CT molecular complexity index is 2000. The molecule has 0 saturated heterocycles. The van der Waals surface area contributed by atoms with Gasteiger partial charge in [0.2, 0.25) is 10.0 Å². The van der Waals surface area contributed by atoms with E-state index in [1.807, 2.05) is 102 Å². The van der Waals surface area contributed by atoms with Crippen LogP contribution in [0, 0.1) is 0 Å². The molecule has 0 aromatic heterocycles. The predicted molar refractivity (Wildman–Crippen MR) is 192 cm³/mol. The van der Waals surface area contributed by atoms with Crippen molar-refractivity contribution in [3.8, 4) is 0 Å². The lowest BCUT2D eigenvalue weighted by atomic mass is 9.73. The van der Waals surface area contributed by atoms with Gasteiger partial charge in [0.15, 0.2) is 5.54 Å². The van der Waals surface area contributed by atoms with E-state index >= 15 is 4.79 Å². The summed E-state index contributed by atoms with van der Waals surface area (Å²) >= 11 is 12.2. The van der Waals surface area contributed by atoms with Gasteiger partial charge in [-0.3, -0.25) is 14.5 Å². The van der Waals surface area contributed by atoms with E-state index in [4.69, 9.17) is 4.99 Å². The Morgan fingerprint density at radius 2 is 1.44 bits per heavy atom. The standard InChI is InChI=1S/C34H26Br3N3O3S2/c1-45(42,43)39-27-18-29(21-8-14-24(36)15-9-21)44-32-30(27)31(22-10-16-25(37)17-11-22)34(38-32)26-4-2-3-5-28(26)40(33(34)41)19-20-6-12-23(35)13-7-20/h2-17,29,31,39H,18-19H2,1H3/t29-,31+,34-/m0/s1. The maximum atomic E-state index is 15.1. The maximum Gasteiger partial charge on any atom is 0.260 e. The first-order chi connectivity index (χ1) is 21.5. The molecule has 0 unspecified atom stereocenters. The van der Waals surface area contributed by atoms with Gasteiger partial charge in [-0.2, -0.15) is 0 Å². The highest BCUT2D eigenvalue weighted by atomic mass is 79.9. The zero-order chi connectivity index (χ0) is 31.5. The fourth-order valence-electron chi connectivity index (χ4n) is 6.51. The maximum absolute atomic E-state index is 15.1. The molecule has 7 rings (SSSR count). The van der Waals surface area contributed by atoms with Crippen molar-refractivity contribution < 1.29 is 13.2 Å². The van der Waals surface area contributed by atoms with Gasteiger partial charge in [-0.05, 0) is 59.2 Å². The van der Waals surface area contributed by atoms with Gasteiger partial charge in [0, 0.05) is 41.9 Å². The third-order valence-electron chi connectivity index (χ3n) is 8.37. The lowest BCUT2D eigenvalue weighted by Gasteiger charge is -2.32. The van der Waals surface area contributed by atoms with Crippen LogP contribution in [-0.4, -0.2) is 25.6 Å². The van der Waals surface area contributed by atoms with Gasteiger partial charge in [-0.1, -0.05) is 114 Å². The average molecular weight is 828 g/mol. The Labute approximate surface area is 291 Å². The highest BCUT2D eigenvalue weighted by molar-refractivity contribution is 9.11.